The molecule has 0 bridgehead atoms. The molecule has 0 atom stereocenters. The highest BCUT2D eigenvalue weighted by molar-refractivity contribution is 6.02. The first kappa shape index (κ1) is 17.5. The number of hydrogen-bond donors (Lipinski definition) is 2. The molecule has 3 aromatic carbocycles. The van der Waals surface area contributed by atoms with Gasteiger partial charge in [0.15, 0.2) is 6.61 Å². The van der Waals surface area contributed by atoms with E-state index in [-0.39, 0.29) is 18.3 Å². The van der Waals surface area contributed by atoms with E-state index in [4.69, 9.17) is 4.74 Å². The summed E-state index contributed by atoms with van der Waals surface area (Å²) in [6.07, 6.45) is 1.44. The summed E-state index contributed by atoms with van der Waals surface area (Å²) in [4.78, 5) is 12.0. The van der Waals surface area contributed by atoms with Gasteiger partial charge in [0, 0.05) is 5.56 Å². The number of phenolic OH excluding ortho intramolecular Hbond substituents is 1. The third-order valence-corrected chi connectivity index (χ3v) is 4.09. The molecule has 2 N–H and O–H groups in total. The molecule has 0 aliphatic heterocycles. The number of nitrogens with one attached hydrogen (secondary N) is 1. The maximum Gasteiger partial charge on any atom is 0.277 e. The number of rotatable bonds is 5. The summed E-state index contributed by atoms with van der Waals surface area (Å²) in [6.45, 7) is 3.73. The van der Waals surface area contributed by atoms with Gasteiger partial charge >= 0.3 is 0 Å². The zero-order chi connectivity index (χ0) is 18.5. The van der Waals surface area contributed by atoms with Crippen LogP contribution in [0.3, 0.4) is 0 Å². The first-order chi connectivity index (χ1) is 12.6. The lowest BCUT2D eigenvalue weighted by Gasteiger charge is -2.10. The number of fused-ring (bicyclic) bond motifs is 1. The standard InChI is InChI=1S/C21H20N2O3/c1-14-6-5-7-15(2)21(14)26-13-20(25)23-22-12-18-17-9-4-3-8-16(17)10-11-19(18)24/h3-12,24H,13H2,1-2H3,(H,23,25)/b22-12+. The normalized spacial score (nSPS) is 11.0. The smallest absolute Gasteiger partial charge is 0.277 e. The summed E-state index contributed by atoms with van der Waals surface area (Å²) in [5.74, 6) is 0.440. The van der Waals surface area contributed by atoms with Gasteiger partial charge in [-0.25, -0.2) is 5.43 Å². The number of nitrogens with zero attached hydrogens (tertiary/aromatic N) is 1. The third-order valence-electron chi connectivity index (χ3n) is 4.09. The van der Waals surface area contributed by atoms with Gasteiger partial charge < -0.3 is 9.84 Å². The number of carbonyl (C=O) groups excluding carboxylic acids is 1. The van der Waals surface area contributed by atoms with Crippen LogP contribution in [0.5, 0.6) is 11.5 Å². The second kappa shape index (κ2) is 7.70. The summed E-state index contributed by atoms with van der Waals surface area (Å²) >= 11 is 0. The molecule has 0 aromatic heterocycles. The minimum atomic E-state index is -0.372. The van der Waals surface area contributed by atoms with Crippen LogP contribution in [0, 0.1) is 13.8 Å². The Balaban J connectivity index is 1.66. The topological polar surface area (TPSA) is 70.9 Å². The molecule has 0 saturated carbocycles. The molecule has 0 radical (unpaired) electrons. The van der Waals surface area contributed by atoms with Crippen LogP contribution in [0.2, 0.25) is 0 Å². The van der Waals surface area contributed by atoms with E-state index in [2.05, 4.69) is 10.5 Å². The van der Waals surface area contributed by atoms with E-state index in [1.54, 1.807) is 6.07 Å². The molecular weight excluding hydrogens is 328 g/mol. The third kappa shape index (κ3) is 3.83. The van der Waals surface area contributed by atoms with E-state index >= 15 is 0 Å². The Labute approximate surface area is 151 Å². The van der Waals surface area contributed by atoms with E-state index < -0.39 is 0 Å². The number of carbonyl (C=O) groups is 1. The first-order valence-electron chi connectivity index (χ1n) is 8.28. The Bertz CT molecular complexity index is 960. The van der Waals surface area contributed by atoms with Crippen molar-refractivity contribution in [3.8, 4) is 11.5 Å². The number of amides is 1. The quantitative estimate of drug-likeness (QED) is 0.546. The van der Waals surface area contributed by atoms with Gasteiger partial charge in [0.05, 0.1) is 6.21 Å². The molecule has 5 heteroatoms. The monoisotopic (exact) mass is 348 g/mol. The zero-order valence-corrected chi connectivity index (χ0v) is 14.7. The summed E-state index contributed by atoms with van der Waals surface area (Å²) in [6, 6.07) is 16.9. The predicted octanol–water partition coefficient (Wildman–Crippen LogP) is 3.69. The number of hydrazone groups is 1. The lowest BCUT2D eigenvalue weighted by Crippen LogP contribution is -2.25. The number of aryl methyl sites for hydroxylation is 2. The molecule has 0 aliphatic rings. The van der Waals surface area contributed by atoms with Crippen LogP contribution in [0.15, 0.2) is 59.7 Å². The predicted molar refractivity (Wildman–Crippen MR) is 103 cm³/mol. The van der Waals surface area contributed by atoms with Gasteiger partial charge in [-0.15, -0.1) is 0 Å². The van der Waals surface area contributed by atoms with Crippen molar-refractivity contribution in [3.63, 3.8) is 0 Å². The summed E-state index contributed by atoms with van der Waals surface area (Å²) in [5, 5.41) is 15.8. The lowest BCUT2D eigenvalue weighted by molar-refractivity contribution is -0.123. The van der Waals surface area contributed by atoms with E-state index in [9.17, 15) is 9.90 Å². The highest BCUT2D eigenvalue weighted by atomic mass is 16.5. The number of ether oxygens (including phenoxy) is 1. The zero-order valence-electron chi connectivity index (χ0n) is 14.7. The van der Waals surface area contributed by atoms with Crippen LogP contribution >= 0.6 is 0 Å². The molecule has 5 nitrogen and oxygen atoms in total. The maximum atomic E-state index is 12.0. The molecule has 0 saturated heterocycles. The van der Waals surface area contributed by atoms with Gasteiger partial charge in [0.25, 0.3) is 5.91 Å². The highest BCUT2D eigenvalue weighted by Gasteiger charge is 2.07. The number of aromatic hydroxyl groups is 1. The molecule has 3 aromatic rings. The largest absolute Gasteiger partial charge is 0.507 e. The van der Waals surface area contributed by atoms with Crippen molar-refractivity contribution in [2.45, 2.75) is 13.8 Å². The van der Waals surface area contributed by atoms with Gasteiger partial charge in [-0.1, -0.05) is 48.5 Å². The van der Waals surface area contributed by atoms with Crippen LogP contribution in [0.1, 0.15) is 16.7 Å². The summed E-state index contributed by atoms with van der Waals surface area (Å²) in [5.41, 5.74) is 4.93. The molecule has 1 amide bonds. The van der Waals surface area contributed by atoms with Crippen LogP contribution in [-0.2, 0) is 4.79 Å². The minimum Gasteiger partial charge on any atom is -0.507 e. The Hall–Kier alpha value is -3.34. The van der Waals surface area contributed by atoms with Crippen molar-refractivity contribution >= 4 is 22.9 Å². The molecule has 0 spiro atoms. The van der Waals surface area contributed by atoms with E-state index in [1.165, 1.54) is 6.21 Å². The summed E-state index contributed by atoms with van der Waals surface area (Å²) < 4.78 is 5.59. The van der Waals surface area contributed by atoms with Gasteiger partial charge in [0.2, 0.25) is 0 Å². The average Bonchev–Trinajstić information content (AvgIpc) is 2.63. The molecule has 0 aliphatic carbocycles. The Morgan fingerprint density at radius 3 is 2.58 bits per heavy atom. The van der Waals surface area contributed by atoms with Crippen LogP contribution in [0.4, 0.5) is 0 Å². The van der Waals surface area contributed by atoms with E-state index in [0.29, 0.717) is 11.3 Å². The van der Waals surface area contributed by atoms with Crippen LogP contribution < -0.4 is 10.2 Å². The van der Waals surface area contributed by atoms with Crippen LogP contribution in [-0.4, -0.2) is 23.8 Å². The van der Waals surface area contributed by atoms with Crippen molar-refractivity contribution < 1.29 is 14.6 Å². The van der Waals surface area contributed by atoms with Crippen molar-refractivity contribution in [1.82, 2.24) is 5.43 Å². The van der Waals surface area contributed by atoms with Crippen molar-refractivity contribution in [3.05, 3.63) is 71.3 Å². The Morgan fingerprint density at radius 2 is 1.81 bits per heavy atom. The molecule has 0 unspecified atom stereocenters. The fourth-order valence-corrected chi connectivity index (χ4v) is 2.79. The molecule has 3 rings (SSSR count). The maximum absolute atomic E-state index is 12.0. The first-order valence-corrected chi connectivity index (χ1v) is 8.28. The fraction of sp³-hybridized carbons (Fsp3) is 0.143. The van der Waals surface area contributed by atoms with E-state index in [1.807, 2.05) is 62.4 Å². The Morgan fingerprint density at radius 1 is 1.08 bits per heavy atom. The van der Waals surface area contributed by atoms with E-state index in [0.717, 1.165) is 21.9 Å². The number of hydrogen-bond acceptors (Lipinski definition) is 4. The summed E-state index contributed by atoms with van der Waals surface area (Å²) in [7, 11) is 0. The molecule has 0 fully saturated rings. The van der Waals surface area contributed by atoms with Crippen molar-refractivity contribution in [2.24, 2.45) is 5.10 Å². The van der Waals surface area contributed by atoms with Crippen molar-refractivity contribution in [2.75, 3.05) is 6.61 Å². The number of phenols is 1. The highest BCUT2D eigenvalue weighted by Crippen LogP contribution is 2.25. The van der Waals surface area contributed by atoms with Crippen molar-refractivity contribution in [1.29, 1.82) is 0 Å². The SMILES string of the molecule is Cc1cccc(C)c1OCC(=O)N/N=C/c1c(O)ccc2ccccc12. The average molecular weight is 348 g/mol. The second-order valence-electron chi connectivity index (χ2n) is 6.02. The minimum absolute atomic E-state index is 0.105. The second-order valence-corrected chi connectivity index (χ2v) is 6.02. The Kier molecular flexibility index (Phi) is 5.17. The van der Waals surface area contributed by atoms with Crippen LogP contribution in [0.25, 0.3) is 10.8 Å². The van der Waals surface area contributed by atoms with Gasteiger partial charge in [-0.2, -0.15) is 5.10 Å². The number of para-hydroxylation sites is 1. The molecule has 132 valence electrons. The fourth-order valence-electron chi connectivity index (χ4n) is 2.79. The molecular formula is C21H20N2O3. The van der Waals surface area contributed by atoms with Gasteiger partial charge in [-0.3, -0.25) is 4.79 Å². The molecule has 26 heavy (non-hydrogen) atoms. The molecule has 0 heterocycles. The number of benzene rings is 3. The lowest BCUT2D eigenvalue weighted by atomic mass is 10.0. The van der Waals surface area contributed by atoms with Gasteiger partial charge in [-0.05, 0) is 41.8 Å². The van der Waals surface area contributed by atoms with Gasteiger partial charge in [0.1, 0.15) is 11.5 Å².